The Kier molecular flexibility index (Phi) is 43.9. The molecule has 22 heavy (non-hydrogen) atoms. The van der Waals surface area contributed by atoms with Gasteiger partial charge in [-0.15, -0.1) is 0 Å². The third kappa shape index (κ3) is 33.4. The zero-order chi connectivity index (χ0) is 13.6. The van der Waals surface area contributed by atoms with Crippen molar-refractivity contribution in [3.05, 3.63) is 79.1 Å². The Labute approximate surface area is 184 Å². The van der Waals surface area contributed by atoms with E-state index in [1.165, 1.54) is 0 Å². The monoisotopic (exact) mass is 458 g/mol. The number of hydrogen-bond acceptors (Lipinski definition) is 2. The summed E-state index contributed by atoms with van der Waals surface area (Å²) in [5, 5.41) is 0. The van der Waals surface area contributed by atoms with E-state index >= 15 is 0 Å². The molecule has 0 aromatic carbocycles. The van der Waals surface area contributed by atoms with Gasteiger partial charge in [-0.3, -0.25) is 0 Å². The molecule has 0 amide bonds. The summed E-state index contributed by atoms with van der Waals surface area (Å²) in [6.07, 6.45) is 20.0. The van der Waals surface area contributed by atoms with Crippen LogP contribution in [0.25, 0.3) is 0 Å². The van der Waals surface area contributed by atoms with E-state index in [2.05, 4.69) is 38.0 Å². The molecule has 0 unspecified atom stereocenters. The van der Waals surface area contributed by atoms with Gasteiger partial charge < -0.3 is 24.7 Å². The van der Waals surface area contributed by atoms with Crippen LogP contribution in [0.4, 0.5) is 0 Å². The van der Waals surface area contributed by atoms with Crippen LogP contribution in [0, 0.1) is 116 Å². The second-order valence-corrected chi connectivity index (χ2v) is 4.53. The molecule has 0 spiro atoms. The van der Waals surface area contributed by atoms with Crippen LogP contribution in [0.1, 0.15) is 0 Å². The first-order chi connectivity index (χ1) is 8.63. The molecular weight excluding hydrogens is 426 g/mol. The third-order valence-corrected chi connectivity index (χ3v) is 2.11. The number of rotatable bonds is 3. The molecule has 2 saturated carbocycles. The number of likely N-dealkylation sites (N-methyl/N-ethyl adjacent to an activating group) is 2. The van der Waals surface area contributed by atoms with Crippen molar-refractivity contribution in [2.75, 3.05) is 41.3 Å². The minimum absolute atomic E-state index is 0. The van der Waals surface area contributed by atoms with Crippen molar-refractivity contribution in [1.82, 2.24) is 9.80 Å². The molecule has 0 aliphatic heterocycles. The van der Waals surface area contributed by atoms with Gasteiger partial charge in [0.05, 0.1) is 0 Å². The summed E-state index contributed by atoms with van der Waals surface area (Å²) in [4.78, 5) is 4.36. The van der Waals surface area contributed by atoms with Crippen LogP contribution in [-0.4, -0.2) is 51.1 Å². The van der Waals surface area contributed by atoms with Crippen molar-refractivity contribution >= 4 is 0 Å². The Hall–Kier alpha value is 1.75. The molecule has 2 aliphatic carbocycles. The summed E-state index contributed by atoms with van der Waals surface area (Å²) < 4.78 is 0. The van der Waals surface area contributed by atoms with Crippen LogP contribution in [0.15, 0.2) is 0 Å². The largest absolute Gasteiger partial charge is 1.00 e. The van der Waals surface area contributed by atoms with E-state index in [4.69, 9.17) is 0 Å². The zero-order valence-corrected chi connectivity index (χ0v) is 17.0. The molecule has 11 radical (unpaired) electrons. The molecule has 4 heteroatoms. The quantitative estimate of drug-likeness (QED) is 0.436. The van der Waals surface area contributed by atoms with Crippen molar-refractivity contribution < 1.29 is 55.7 Å². The van der Waals surface area contributed by atoms with Gasteiger partial charge in [-0.25, -0.2) is 0 Å². The Balaban J connectivity index is -0.0000000617. The molecule has 0 atom stereocenters. The van der Waals surface area contributed by atoms with E-state index in [1.54, 1.807) is 0 Å². The third-order valence-electron chi connectivity index (χ3n) is 2.11. The van der Waals surface area contributed by atoms with Gasteiger partial charge in [0.2, 0.25) is 0 Å². The maximum absolute atomic E-state index is 2.18. The van der Waals surface area contributed by atoms with Gasteiger partial charge in [-0.05, 0) is 92.4 Å². The van der Waals surface area contributed by atoms with Crippen LogP contribution in [0.2, 0.25) is 0 Å². The second-order valence-electron chi connectivity index (χ2n) is 4.53. The molecule has 2 nitrogen and oxygen atoms in total. The Bertz CT molecular complexity index is 126. The van der Waals surface area contributed by atoms with Crippen LogP contribution in [-0.2, 0) is 0 Å². The first-order valence-corrected chi connectivity index (χ1v) is 6.25. The van der Waals surface area contributed by atoms with Crippen molar-refractivity contribution in [3.63, 3.8) is 0 Å². The van der Waals surface area contributed by atoms with E-state index in [9.17, 15) is 0 Å². The molecule has 0 N–H and O–H groups in total. The van der Waals surface area contributed by atoms with Crippen LogP contribution >= 0.6 is 0 Å². The van der Waals surface area contributed by atoms with Gasteiger partial charge in [-0.2, -0.15) is 0 Å². The van der Waals surface area contributed by atoms with Gasteiger partial charge in [-0.1, -0.05) is 0 Å². The maximum atomic E-state index is 2.18. The van der Waals surface area contributed by atoms with Gasteiger partial charge in [0.25, 0.3) is 0 Å². The van der Waals surface area contributed by atoms with E-state index < -0.39 is 0 Å². The van der Waals surface area contributed by atoms with Gasteiger partial charge >= 0.3 is 18.9 Å². The summed E-state index contributed by atoms with van der Waals surface area (Å²) in [5.74, 6) is 0. The van der Waals surface area contributed by atoms with E-state index in [1.807, 2.05) is 64.2 Å². The van der Waals surface area contributed by atoms with Crippen LogP contribution < -0.4 is 18.9 Å². The van der Waals surface area contributed by atoms with Crippen molar-refractivity contribution in [3.8, 4) is 0 Å². The molecule has 0 aromatic rings. The number of hydrogen-bond donors (Lipinski definition) is 0. The summed E-state index contributed by atoms with van der Waals surface area (Å²) in [7, 11) is 8.35. The standard InChI is InChI=1S/C6H16N2.2C5H5.2CH3.Li.Lu/c1-7(2)5-6-8(3)4;2*1-2-4-5-3-1;;;;/h5-6H2,1-4H3;2*1-5H;2*1H3;;/q;;;2*-1;+1;. The average molecular weight is 458 g/mol. The molecule has 0 saturated heterocycles. The van der Waals surface area contributed by atoms with E-state index in [0.717, 1.165) is 13.1 Å². The number of nitrogens with zero attached hydrogens (tertiary/aromatic N) is 2. The predicted octanol–water partition coefficient (Wildman–Crippen LogP) is 0.0571. The molecule has 0 bridgehead atoms. The molecular formula is C18H32LiLuN2-. The summed E-state index contributed by atoms with van der Waals surface area (Å²) in [6.45, 7) is 2.29. The molecule has 2 aliphatic rings. The zero-order valence-electron chi connectivity index (χ0n) is 15.3. The minimum atomic E-state index is 0. The maximum Gasteiger partial charge on any atom is 1.00 e. The summed E-state index contributed by atoms with van der Waals surface area (Å²) in [6, 6.07) is 0. The Morgan fingerprint density at radius 1 is 0.500 bits per heavy atom. The Morgan fingerprint density at radius 3 is 0.727 bits per heavy atom. The minimum Gasteiger partial charge on any atom is -0.358 e. The molecule has 2 fully saturated rings. The van der Waals surface area contributed by atoms with Gasteiger partial charge in [0.1, 0.15) is 0 Å². The molecule has 2 rings (SSSR count). The summed E-state index contributed by atoms with van der Waals surface area (Å²) in [5.41, 5.74) is 0. The van der Waals surface area contributed by atoms with E-state index in [0.29, 0.717) is 0 Å². The normalized spacial score (nSPS) is 15.0. The average Bonchev–Trinajstić information content (AvgIpc) is 3.03. The predicted molar refractivity (Wildman–Crippen MR) is 92.9 cm³/mol. The van der Waals surface area contributed by atoms with Crippen LogP contribution in [0.5, 0.6) is 0 Å². The van der Waals surface area contributed by atoms with E-state index in [-0.39, 0.29) is 70.6 Å². The first-order valence-electron chi connectivity index (χ1n) is 6.25. The summed E-state index contributed by atoms with van der Waals surface area (Å²) >= 11 is 0. The fourth-order valence-electron chi connectivity index (χ4n) is 1.04. The first kappa shape index (κ1) is 35.0. The van der Waals surface area contributed by atoms with Crippen molar-refractivity contribution in [2.24, 2.45) is 0 Å². The molecule has 0 heterocycles. The molecule has 131 valence electrons. The van der Waals surface area contributed by atoms with Gasteiger partial charge in [0.15, 0.2) is 0 Å². The van der Waals surface area contributed by atoms with Crippen molar-refractivity contribution in [1.29, 1.82) is 0 Å². The fourth-order valence-corrected chi connectivity index (χ4v) is 1.04. The fraction of sp³-hybridized carbons (Fsp3) is 0.333. The van der Waals surface area contributed by atoms with Crippen LogP contribution in [0.3, 0.4) is 0 Å². The Morgan fingerprint density at radius 2 is 0.636 bits per heavy atom. The van der Waals surface area contributed by atoms with Crippen molar-refractivity contribution in [2.45, 2.75) is 0 Å². The topological polar surface area (TPSA) is 6.48 Å². The second kappa shape index (κ2) is 27.6. The SMILES string of the molecule is CN(C)CCN(C)C.[CH3-].[CH3-].[CH]1[CH][CH][CH][CH]1.[CH]1[CH][CH][CH][CH]1.[Li+].[Lu]. The molecule has 0 aromatic heterocycles. The van der Waals surface area contributed by atoms with Gasteiger partial charge in [0, 0.05) is 50.0 Å². The smallest absolute Gasteiger partial charge is 0.358 e.